The molecular weight excluding hydrogens is 296 g/mol. The molecule has 5 heteroatoms. The van der Waals surface area contributed by atoms with Crippen LogP contribution in [0.5, 0.6) is 11.5 Å². The number of benzene rings is 1. The molecule has 0 spiro atoms. The lowest BCUT2D eigenvalue weighted by Gasteiger charge is -2.26. The maximum absolute atomic E-state index is 5.44. The fraction of sp³-hybridized carbons (Fsp3) is 0.588. The predicted octanol–water partition coefficient (Wildman–Crippen LogP) is 3.56. The summed E-state index contributed by atoms with van der Waals surface area (Å²) in [5, 5.41) is 7.52. The summed E-state index contributed by atoms with van der Waals surface area (Å²) < 4.78 is 10.6. The molecular formula is C17H26N2O2S. The van der Waals surface area contributed by atoms with Crippen LogP contribution in [0.15, 0.2) is 18.2 Å². The van der Waals surface area contributed by atoms with E-state index in [-0.39, 0.29) is 6.04 Å². The van der Waals surface area contributed by atoms with E-state index in [1.54, 1.807) is 14.2 Å². The van der Waals surface area contributed by atoms with E-state index in [4.69, 9.17) is 21.7 Å². The molecule has 0 bridgehead atoms. The minimum Gasteiger partial charge on any atom is -0.493 e. The molecule has 0 aliphatic heterocycles. The van der Waals surface area contributed by atoms with Crippen LogP contribution in [0.25, 0.3) is 0 Å². The molecule has 22 heavy (non-hydrogen) atoms. The zero-order chi connectivity index (χ0) is 15.9. The van der Waals surface area contributed by atoms with E-state index in [1.165, 1.54) is 32.1 Å². The molecule has 1 atom stereocenters. The van der Waals surface area contributed by atoms with Crippen molar-refractivity contribution in [2.45, 2.75) is 51.1 Å². The van der Waals surface area contributed by atoms with Gasteiger partial charge in [0.05, 0.1) is 20.3 Å². The lowest BCUT2D eigenvalue weighted by Crippen LogP contribution is -2.43. The van der Waals surface area contributed by atoms with E-state index < -0.39 is 0 Å². The number of hydrogen-bond donors (Lipinski definition) is 2. The highest BCUT2D eigenvalue weighted by Crippen LogP contribution is 2.29. The van der Waals surface area contributed by atoms with Gasteiger partial charge >= 0.3 is 0 Å². The molecule has 1 fully saturated rings. The van der Waals surface area contributed by atoms with Gasteiger partial charge in [0, 0.05) is 6.04 Å². The monoisotopic (exact) mass is 322 g/mol. The van der Waals surface area contributed by atoms with Crippen LogP contribution in [0.4, 0.5) is 0 Å². The topological polar surface area (TPSA) is 42.5 Å². The lowest BCUT2D eigenvalue weighted by molar-refractivity contribution is 0.354. The van der Waals surface area contributed by atoms with E-state index in [2.05, 4.69) is 17.6 Å². The van der Waals surface area contributed by atoms with Gasteiger partial charge in [0.25, 0.3) is 0 Å². The van der Waals surface area contributed by atoms with Crippen LogP contribution < -0.4 is 20.1 Å². The van der Waals surface area contributed by atoms with Crippen LogP contribution in [0.3, 0.4) is 0 Å². The Hall–Kier alpha value is -1.49. The first-order valence-electron chi connectivity index (χ1n) is 7.93. The largest absolute Gasteiger partial charge is 0.493 e. The smallest absolute Gasteiger partial charge is 0.166 e. The molecule has 0 saturated heterocycles. The third kappa shape index (κ3) is 4.50. The summed E-state index contributed by atoms with van der Waals surface area (Å²) in [6, 6.07) is 6.57. The Kier molecular flexibility index (Phi) is 6.31. The Balaban J connectivity index is 1.93. The highest BCUT2D eigenvalue weighted by molar-refractivity contribution is 7.80. The highest BCUT2D eigenvalue weighted by atomic mass is 32.1. The van der Waals surface area contributed by atoms with Crippen molar-refractivity contribution in [2.75, 3.05) is 14.2 Å². The summed E-state index contributed by atoms with van der Waals surface area (Å²) in [5.41, 5.74) is 1.12. The maximum atomic E-state index is 5.44. The fourth-order valence-corrected chi connectivity index (χ4v) is 3.22. The zero-order valence-corrected chi connectivity index (χ0v) is 14.5. The third-order valence-corrected chi connectivity index (χ3v) is 4.43. The van der Waals surface area contributed by atoms with Crippen LogP contribution >= 0.6 is 12.2 Å². The Morgan fingerprint density at radius 1 is 1.14 bits per heavy atom. The quantitative estimate of drug-likeness (QED) is 0.811. The van der Waals surface area contributed by atoms with Gasteiger partial charge in [0.15, 0.2) is 16.6 Å². The molecule has 2 N–H and O–H groups in total. The van der Waals surface area contributed by atoms with Crippen molar-refractivity contribution >= 4 is 17.3 Å². The molecule has 1 aliphatic rings. The summed E-state index contributed by atoms with van der Waals surface area (Å²) in [5.74, 6) is 1.47. The van der Waals surface area contributed by atoms with Crippen LogP contribution in [0, 0.1) is 0 Å². The standard InChI is InChI=1S/C17H26N2O2S/c1-12(13-9-10-15(20-2)16(11-13)21-3)18-17(22)19-14-7-5-4-6-8-14/h9-12,14H,4-8H2,1-3H3,(H2,18,19,22)/t12-/m0/s1. The van der Waals surface area contributed by atoms with E-state index in [9.17, 15) is 0 Å². The second-order valence-electron chi connectivity index (χ2n) is 5.79. The van der Waals surface area contributed by atoms with Crippen molar-refractivity contribution < 1.29 is 9.47 Å². The van der Waals surface area contributed by atoms with Crippen LogP contribution in [0.2, 0.25) is 0 Å². The first kappa shape index (κ1) is 16.9. The van der Waals surface area contributed by atoms with Crippen LogP contribution in [0.1, 0.15) is 50.6 Å². The number of nitrogens with one attached hydrogen (secondary N) is 2. The van der Waals surface area contributed by atoms with Crippen molar-refractivity contribution in [2.24, 2.45) is 0 Å². The summed E-state index contributed by atoms with van der Waals surface area (Å²) in [6.45, 7) is 2.09. The van der Waals surface area contributed by atoms with Gasteiger partial charge in [-0.3, -0.25) is 0 Å². The summed E-state index contributed by atoms with van der Waals surface area (Å²) in [6.07, 6.45) is 6.37. The highest BCUT2D eigenvalue weighted by Gasteiger charge is 2.16. The summed E-state index contributed by atoms with van der Waals surface area (Å²) >= 11 is 5.44. The first-order valence-corrected chi connectivity index (χ1v) is 8.34. The second-order valence-corrected chi connectivity index (χ2v) is 6.20. The Morgan fingerprint density at radius 2 is 1.82 bits per heavy atom. The van der Waals surface area contributed by atoms with Crippen molar-refractivity contribution in [1.29, 1.82) is 0 Å². The molecule has 0 heterocycles. The van der Waals surface area contributed by atoms with Crippen molar-refractivity contribution in [3.05, 3.63) is 23.8 Å². The average Bonchev–Trinajstić information content (AvgIpc) is 2.54. The molecule has 1 aromatic rings. The maximum Gasteiger partial charge on any atom is 0.166 e. The first-order chi connectivity index (χ1) is 10.6. The molecule has 0 aromatic heterocycles. The van der Waals surface area contributed by atoms with Gasteiger partial charge in [0.1, 0.15) is 0 Å². The normalized spacial score (nSPS) is 16.7. The number of hydrogen-bond acceptors (Lipinski definition) is 3. The molecule has 4 nitrogen and oxygen atoms in total. The molecule has 0 radical (unpaired) electrons. The van der Waals surface area contributed by atoms with Crippen molar-refractivity contribution in [3.63, 3.8) is 0 Å². The van der Waals surface area contributed by atoms with Crippen LogP contribution in [-0.2, 0) is 0 Å². The Bertz CT molecular complexity index is 501. The molecule has 122 valence electrons. The number of ether oxygens (including phenoxy) is 2. The summed E-state index contributed by atoms with van der Waals surface area (Å²) in [4.78, 5) is 0. The van der Waals surface area contributed by atoms with Gasteiger partial charge in [-0.05, 0) is 49.7 Å². The van der Waals surface area contributed by atoms with Gasteiger partial charge in [-0.25, -0.2) is 0 Å². The SMILES string of the molecule is COc1ccc([C@H](C)NC(=S)NC2CCCCC2)cc1OC. The minimum absolute atomic E-state index is 0.114. The summed E-state index contributed by atoms with van der Waals surface area (Å²) in [7, 11) is 3.29. The van der Waals surface area contributed by atoms with E-state index in [0.29, 0.717) is 6.04 Å². The van der Waals surface area contributed by atoms with Crippen molar-refractivity contribution in [3.8, 4) is 11.5 Å². The number of methoxy groups -OCH3 is 2. The average molecular weight is 322 g/mol. The van der Waals surface area contributed by atoms with E-state index in [1.807, 2.05) is 18.2 Å². The fourth-order valence-electron chi connectivity index (χ4n) is 2.88. The Labute approximate surface area is 138 Å². The van der Waals surface area contributed by atoms with Gasteiger partial charge in [-0.2, -0.15) is 0 Å². The molecule has 1 aliphatic carbocycles. The lowest BCUT2D eigenvalue weighted by atomic mass is 9.96. The van der Waals surface area contributed by atoms with Gasteiger partial charge in [0.2, 0.25) is 0 Å². The molecule has 1 aromatic carbocycles. The zero-order valence-electron chi connectivity index (χ0n) is 13.6. The van der Waals surface area contributed by atoms with Crippen LogP contribution in [-0.4, -0.2) is 25.4 Å². The molecule has 2 rings (SSSR count). The Morgan fingerprint density at radius 3 is 2.45 bits per heavy atom. The van der Waals surface area contributed by atoms with E-state index >= 15 is 0 Å². The van der Waals surface area contributed by atoms with Gasteiger partial charge in [-0.1, -0.05) is 25.3 Å². The van der Waals surface area contributed by atoms with Crippen molar-refractivity contribution in [1.82, 2.24) is 10.6 Å². The molecule has 1 saturated carbocycles. The van der Waals surface area contributed by atoms with Gasteiger partial charge < -0.3 is 20.1 Å². The minimum atomic E-state index is 0.114. The predicted molar refractivity (Wildman–Crippen MR) is 93.7 cm³/mol. The van der Waals surface area contributed by atoms with Gasteiger partial charge in [-0.15, -0.1) is 0 Å². The molecule has 0 amide bonds. The third-order valence-electron chi connectivity index (χ3n) is 4.20. The molecule has 0 unspecified atom stereocenters. The second kappa shape index (κ2) is 8.22. The number of thiocarbonyl (C=S) groups is 1. The van der Waals surface area contributed by atoms with E-state index in [0.717, 1.165) is 22.2 Å². The number of rotatable bonds is 5.